The van der Waals surface area contributed by atoms with E-state index < -0.39 is 5.91 Å². The van der Waals surface area contributed by atoms with Crippen LogP contribution in [0, 0.1) is 0 Å². The Morgan fingerprint density at radius 1 is 1.16 bits per heavy atom. The molecular formula is C14H12ClNO3. The van der Waals surface area contributed by atoms with E-state index in [0.717, 1.165) is 5.56 Å². The van der Waals surface area contributed by atoms with Crippen molar-refractivity contribution < 1.29 is 15.0 Å². The quantitative estimate of drug-likeness (QED) is 0.808. The van der Waals surface area contributed by atoms with E-state index in [4.69, 9.17) is 11.6 Å². The molecule has 0 spiro atoms. The molecule has 0 saturated carbocycles. The number of halogens is 1. The van der Waals surface area contributed by atoms with Gasteiger partial charge < -0.3 is 15.5 Å². The number of carbonyl (C=O) groups is 1. The summed E-state index contributed by atoms with van der Waals surface area (Å²) in [6.45, 7) is 0.259. The fourth-order valence-electron chi connectivity index (χ4n) is 1.64. The number of phenolic OH excluding ortho intramolecular Hbond substituents is 2. The standard InChI is InChI=1S/C14H12ClNO3/c15-10-4-5-12(13(18)7-10)14(19)16-8-9-2-1-3-11(17)6-9/h1-7,17-18H,8H2,(H,16,19). The Kier molecular flexibility index (Phi) is 3.92. The Labute approximate surface area is 115 Å². The average molecular weight is 278 g/mol. The van der Waals surface area contributed by atoms with Crippen LogP contribution in [0.3, 0.4) is 0 Å². The molecule has 1 amide bonds. The molecule has 0 heterocycles. The van der Waals surface area contributed by atoms with Crippen LogP contribution < -0.4 is 5.32 Å². The highest BCUT2D eigenvalue weighted by Gasteiger charge is 2.10. The molecule has 0 saturated heterocycles. The van der Waals surface area contributed by atoms with Crippen molar-refractivity contribution in [2.75, 3.05) is 0 Å². The van der Waals surface area contributed by atoms with Crippen molar-refractivity contribution in [3.8, 4) is 11.5 Å². The van der Waals surface area contributed by atoms with Gasteiger partial charge in [0.05, 0.1) is 5.56 Å². The van der Waals surface area contributed by atoms with Crippen LogP contribution in [0.4, 0.5) is 0 Å². The third-order valence-corrected chi connectivity index (χ3v) is 2.80. The van der Waals surface area contributed by atoms with Gasteiger partial charge in [-0.15, -0.1) is 0 Å². The number of nitrogens with one attached hydrogen (secondary N) is 1. The second-order valence-electron chi connectivity index (χ2n) is 4.01. The van der Waals surface area contributed by atoms with E-state index in [9.17, 15) is 15.0 Å². The highest BCUT2D eigenvalue weighted by molar-refractivity contribution is 6.30. The molecule has 4 nitrogen and oxygen atoms in total. The lowest BCUT2D eigenvalue weighted by atomic mass is 10.1. The van der Waals surface area contributed by atoms with Crippen LogP contribution in [0.15, 0.2) is 42.5 Å². The summed E-state index contributed by atoms with van der Waals surface area (Å²) >= 11 is 5.69. The molecule has 2 rings (SSSR count). The van der Waals surface area contributed by atoms with Crippen molar-refractivity contribution in [3.63, 3.8) is 0 Å². The number of amides is 1. The highest BCUT2D eigenvalue weighted by atomic mass is 35.5. The summed E-state index contributed by atoms with van der Waals surface area (Å²) in [4.78, 5) is 11.9. The SMILES string of the molecule is O=C(NCc1cccc(O)c1)c1ccc(Cl)cc1O. The summed E-state index contributed by atoms with van der Waals surface area (Å²) in [5, 5.41) is 21.9. The highest BCUT2D eigenvalue weighted by Crippen LogP contribution is 2.21. The lowest BCUT2D eigenvalue weighted by molar-refractivity contribution is 0.0948. The topological polar surface area (TPSA) is 69.6 Å². The van der Waals surface area contributed by atoms with Crippen LogP contribution in [-0.2, 0) is 6.54 Å². The van der Waals surface area contributed by atoms with E-state index in [-0.39, 0.29) is 23.6 Å². The van der Waals surface area contributed by atoms with Crippen molar-refractivity contribution in [3.05, 3.63) is 58.6 Å². The van der Waals surface area contributed by atoms with E-state index >= 15 is 0 Å². The Morgan fingerprint density at radius 2 is 1.95 bits per heavy atom. The summed E-state index contributed by atoms with van der Waals surface area (Å²) in [6, 6.07) is 10.9. The van der Waals surface area contributed by atoms with Crippen LogP contribution in [0.25, 0.3) is 0 Å². The zero-order valence-corrected chi connectivity index (χ0v) is 10.7. The molecule has 0 aliphatic rings. The predicted octanol–water partition coefficient (Wildman–Crippen LogP) is 2.68. The first-order chi connectivity index (χ1) is 9.06. The molecule has 3 N–H and O–H groups in total. The van der Waals surface area contributed by atoms with Gasteiger partial charge in [-0.2, -0.15) is 0 Å². The molecular weight excluding hydrogens is 266 g/mol. The number of phenols is 2. The Morgan fingerprint density at radius 3 is 2.63 bits per heavy atom. The minimum atomic E-state index is -0.405. The summed E-state index contributed by atoms with van der Waals surface area (Å²) < 4.78 is 0. The molecule has 0 aliphatic carbocycles. The third-order valence-electron chi connectivity index (χ3n) is 2.57. The van der Waals surface area contributed by atoms with Gasteiger partial charge in [0, 0.05) is 11.6 Å². The molecule has 2 aromatic carbocycles. The van der Waals surface area contributed by atoms with E-state index in [0.29, 0.717) is 5.02 Å². The van der Waals surface area contributed by atoms with E-state index in [1.54, 1.807) is 24.3 Å². The first-order valence-electron chi connectivity index (χ1n) is 5.61. The van der Waals surface area contributed by atoms with Gasteiger partial charge in [-0.05, 0) is 35.9 Å². The number of carbonyl (C=O) groups excluding carboxylic acids is 1. The van der Waals surface area contributed by atoms with Crippen molar-refractivity contribution >= 4 is 17.5 Å². The summed E-state index contributed by atoms with van der Waals surface area (Å²) in [5.41, 5.74) is 0.923. The molecule has 0 unspecified atom stereocenters. The number of rotatable bonds is 3. The van der Waals surface area contributed by atoms with Crippen molar-refractivity contribution in [2.45, 2.75) is 6.54 Å². The third kappa shape index (κ3) is 3.39. The van der Waals surface area contributed by atoms with Gasteiger partial charge in [0.1, 0.15) is 11.5 Å². The number of benzene rings is 2. The van der Waals surface area contributed by atoms with Gasteiger partial charge in [-0.1, -0.05) is 23.7 Å². The van der Waals surface area contributed by atoms with E-state index in [2.05, 4.69) is 5.32 Å². The minimum absolute atomic E-state index is 0.140. The van der Waals surface area contributed by atoms with Crippen LogP contribution in [-0.4, -0.2) is 16.1 Å². The van der Waals surface area contributed by atoms with Gasteiger partial charge in [0.15, 0.2) is 0 Å². The Bertz CT molecular complexity index is 613. The lowest BCUT2D eigenvalue weighted by Gasteiger charge is -2.07. The normalized spacial score (nSPS) is 10.2. The number of hydrogen-bond acceptors (Lipinski definition) is 3. The van der Waals surface area contributed by atoms with Crippen molar-refractivity contribution in [2.24, 2.45) is 0 Å². The molecule has 0 atom stereocenters. The second kappa shape index (κ2) is 5.63. The van der Waals surface area contributed by atoms with E-state index in [1.165, 1.54) is 18.2 Å². The number of aromatic hydroxyl groups is 2. The largest absolute Gasteiger partial charge is 0.508 e. The van der Waals surface area contributed by atoms with Crippen LogP contribution in [0.1, 0.15) is 15.9 Å². The van der Waals surface area contributed by atoms with E-state index in [1.807, 2.05) is 0 Å². The summed E-state index contributed by atoms with van der Waals surface area (Å²) in [5.74, 6) is -0.431. The first-order valence-corrected chi connectivity index (χ1v) is 5.98. The van der Waals surface area contributed by atoms with Gasteiger partial charge in [-0.3, -0.25) is 4.79 Å². The minimum Gasteiger partial charge on any atom is -0.508 e. The van der Waals surface area contributed by atoms with Gasteiger partial charge >= 0.3 is 0 Å². The van der Waals surface area contributed by atoms with Crippen LogP contribution in [0.2, 0.25) is 5.02 Å². The maximum absolute atomic E-state index is 11.9. The fourth-order valence-corrected chi connectivity index (χ4v) is 1.81. The maximum atomic E-state index is 11.9. The molecule has 0 bridgehead atoms. The first kappa shape index (κ1) is 13.2. The monoisotopic (exact) mass is 277 g/mol. The van der Waals surface area contributed by atoms with Gasteiger partial charge in [0.25, 0.3) is 5.91 Å². The molecule has 0 aromatic heterocycles. The Balaban J connectivity index is 2.05. The second-order valence-corrected chi connectivity index (χ2v) is 4.45. The zero-order valence-electron chi connectivity index (χ0n) is 9.93. The average Bonchev–Trinajstić information content (AvgIpc) is 2.36. The molecule has 0 aliphatic heterocycles. The Hall–Kier alpha value is -2.20. The maximum Gasteiger partial charge on any atom is 0.255 e. The van der Waals surface area contributed by atoms with Crippen molar-refractivity contribution in [1.82, 2.24) is 5.32 Å². The van der Waals surface area contributed by atoms with Crippen LogP contribution >= 0.6 is 11.6 Å². The predicted molar refractivity (Wildman–Crippen MR) is 72.4 cm³/mol. The molecule has 5 heteroatoms. The number of hydrogen-bond donors (Lipinski definition) is 3. The molecule has 98 valence electrons. The smallest absolute Gasteiger partial charge is 0.255 e. The van der Waals surface area contributed by atoms with Crippen LogP contribution in [0.5, 0.6) is 11.5 Å². The molecule has 0 fully saturated rings. The van der Waals surface area contributed by atoms with Gasteiger partial charge in [0.2, 0.25) is 0 Å². The molecule has 2 aromatic rings. The summed E-state index contributed by atoms with van der Waals surface area (Å²) in [7, 11) is 0. The fraction of sp³-hybridized carbons (Fsp3) is 0.0714. The van der Waals surface area contributed by atoms with Crippen molar-refractivity contribution in [1.29, 1.82) is 0 Å². The zero-order chi connectivity index (χ0) is 13.8. The summed E-state index contributed by atoms with van der Waals surface area (Å²) in [6.07, 6.45) is 0. The molecule has 19 heavy (non-hydrogen) atoms. The van der Waals surface area contributed by atoms with Gasteiger partial charge in [-0.25, -0.2) is 0 Å². The molecule has 0 radical (unpaired) electrons. The lowest BCUT2D eigenvalue weighted by Crippen LogP contribution is -2.22.